The average Bonchev–Trinajstić information content (AvgIpc) is 2.84. The average molecular weight is 296 g/mol. The van der Waals surface area contributed by atoms with E-state index in [0.29, 0.717) is 0 Å². The lowest BCUT2D eigenvalue weighted by Crippen LogP contribution is -2.48. The number of halogens is 1. The molecule has 0 saturated heterocycles. The van der Waals surface area contributed by atoms with Gasteiger partial charge in [0.1, 0.15) is 6.04 Å². The van der Waals surface area contributed by atoms with Crippen molar-refractivity contribution in [3.63, 3.8) is 0 Å². The van der Waals surface area contributed by atoms with Crippen LogP contribution in [0, 0.1) is 5.92 Å². The van der Waals surface area contributed by atoms with Gasteiger partial charge in [0, 0.05) is 11.1 Å². The van der Waals surface area contributed by atoms with E-state index >= 15 is 0 Å². The van der Waals surface area contributed by atoms with Gasteiger partial charge in [-0.25, -0.2) is 0 Å². The Morgan fingerprint density at radius 1 is 1.45 bits per heavy atom. The Morgan fingerprint density at radius 3 is 2.80 bits per heavy atom. The molecule has 20 heavy (non-hydrogen) atoms. The molecule has 0 aromatic heterocycles. The first-order valence-corrected chi connectivity index (χ1v) is 7.54. The van der Waals surface area contributed by atoms with E-state index < -0.39 is 0 Å². The van der Waals surface area contributed by atoms with E-state index in [0.717, 1.165) is 24.3 Å². The fourth-order valence-electron chi connectivity index (χ4n) is 2.79. The van der Waals surface area contributed by atoms with Crippen molar-refractivity contribution in [3.05, 3.63) is 34.3 Å². The van der Waals surface area contributed by atoms with Crippen molar-refractivity contribution in [1.29, 1.82) is 0 Å². The van der Waals surface area contributed by atoms with Crippen LogP contribution in [-0.4, -0.2) is 25.2 Å². The molecule has 3 unspecified atom stereocenters. The van der Waals surface area contributed by atoms with Gasteiger partial charge in [-0.2, -0.15) is 0 Å². The molecule has 1 N–H and O–H groups in total. The molecule has 4 heteroatoms. The molecule has 3 nitrogen and oxygen atoms in total. The number of carbonyl (C=O) groups is 1. The molecule has 0 amide bonds. The predicted octanol–water partition coefficient (Wildman–Crippen LogP) is 2.98. The largest absolute Gasteiger partial charge is 0.468 e. The third kappa shape index (κ3) is 3.33. The normalized spacial score (nSPS) is 20.3. The van der Waals surface area contributed by atoms with Crippen molar-refractivity contribution in [2.75, 3.05) is 7.11 Å². The summed E-state index contributed by atoms with van der Waals surface area (Å²) in [6.07, 6.45) is 2.80. The van der Waals surface area contributed by atoms with Gasteiger partial charge in [0.15, 0.2) is 0 Å². The number of rotatable bonds is 5. The number of hydrogen-bond donors (Lipinski definition) is 1. The number of carbonyl (C=O) groups excluding carboxylic acids is 1. The maximum absolute atomic E-state index is 11.9. The molecule has 2 rings (SSSR count). The molecule has 1 aromatic rings. The first kappa shape index (κ1) is 15.3. The van der Waals surface area contributed by atoms with Gasteiger partial charge in [0.25, 0.3) is 0 Å². The monoisotopic (exact) mass is 295 g/mol. The summed E-state index contributed by atoms with van der Waals surface area (Å²) in [5.41, 5.74) is 2.60. The minimum atomic E-state index is -0.236. The lowest BCUT2D eigenvalue weighted by molar-refractivity contribution is -0.144. The predicted molar refractivity (Wildman–Crippen MR) is 81.0 cm³/mol. The summed E-state index contributed by atoms with van der Waals surface area (Å²) in [5.74, 6) is 0.0862. The highest BCUT2D eigenvalue weighted by Gasteiger charge is 2.30. The molecule has 1 aromatic carbocycles. The molecular formula is C16H22ClNO2. The van der Waals surface area contributed by atoms with Gasteiger partial charge in [-0.3, -0.25) is 4.79 Å². The Balaban J connectivity index is 2.05. The second-order valence-corrected chi connectivity index (χ2v) is 6.01. The van der Waals surface area contributed by atoms with Crippen LogP contribution in [0.25, 0.3) is 0 Å². The maximum atomic E-state index is 11.9. The fraction of sp³-hybridized carbons (Fsp3) is 0.562. The van der Waals surface area contributed by atoms with Crippen molar-refractivity contribution in [2.24, 2.45) is 5.92 Å². The van der Waals surface area contributed by atoms with Crippen LogP contribution in [0.15, 0.2) is 18.2 Å². The molecule has 0 fully saturated rings. The first-order chi connectivity index (χ1) is 9.55. The van der Waals surface area contributed by atoms with Gasteiger partial charge in [0.2, 0.25) is 0 Å². The highest BCUT2D eigenvalue weighted by molar-refractivity contribution is 6.30. The van der Waals surface area contributed by atoms with Crippen molar-refractivity contribution < 1.29 is 9.53 Å². The Morgan fingerprint density at radius 2 is 2.15 bits per heavy atom. The number of fused-ring (bicyclic) bond motifs is 1. The van der Waals surface area contributed by atoms with Gasteiger partial charge < -0.3 is 10.1 Å². The van der Waals surface area contributed by atoms with Crippen LogP contribution in [0.3, 0.4) is 0 Å². The molecule has 110 valence electrons. The minimum Gasteiger partial charge on any atom is -0.468 e. The molecule has 0 radical (unpaired) electrons. The Kier molecular flexibility index (Phi) is 5.06. The minimum absolute atomic E-state index is 0.173. The first-order valence-electron chi connectivity index (χ1n) is 7.16. The summed E-state index contributed by atoms with van der Waals surface area (Å²) in [4.78, 5) is 11.9. The van der Waals surface area contributed by atoms with Crippen LogP contribution in [0.5, 0.6) is 0 Å². The highest BCUT2D eigenvalue weighted by Crippen LogP contribution is 2.26. The van der Waals surface area contributed by atoms with Crippen molar-refractivity contribution >= 4 is 17.6 Å². The summed E-state index contributed by atoms with van der Waals surface area (Å²) in [7, 11) is 1.45. The van der Waals surface area contributed by atoms with Gasteiger partial charge >= 0.3 is 5.97 Å². The number of esters is 1. The molecule has 0 spiro atoms. The summed E-state index contributed by atoms with van der Waals surface area (Å²) in [5, 5.41) is 4.24. The second-order valence-electron chi connectivity index (χ2n) is 5.57. The molecule has 0 heterocycles. The van der Waals surface area contributed by atoms with E-state index in [9.17, 15) is 4.79 Å². The van der Waals surface area contributed by atoms with E-state index in [2.05, 4.69) is 25.2 Å². The van der Waals surface area contributed by atoms with Crippen LogP contribution in [0.4, 0.5) is 0 Å². The highest BCUT2D eigenvalue weighted by atomic mass is 35.5. The summed E-state index contributed by atoms with van der Waals surface area (Å²) in [6.45, 7) is 4.17. The van der Waals surface area contributed by atoms with Crippen LogP contribution in [0.2, 0.25) is 5.02 Å². The molecule has 1 aliphatic rings. The third-order valence-electron chi connectivity index (χ3n) is 4.18. The van der Waals surface area contributed by atoms with Gasteiger partial charge in [-0.1, -0.05) is 37.9 Å². The summed E-state index contributed by atoms with van der Waals surface area (Å²) >= 11 is 6.03. The molecule has 3 atom stereocenters. The zero-order chi connectivity index (χ0) is 14.7. The molecule has 1 aliphatic carbocycles. The van der Waals surface area contributed by atoms with Crippen LogP contribution >= 0.6 is 11.6 Å². The molecule has 0 aliphatic heterocycles. The number of nitrogens with one attached hydrogen (secondary N) is 1. The maximum Gasteiger partial charge on any atom is 0.323 e. The summed E-state index contributed by atoms with van der Waals surface area (Å²) in [6, 6.07) is 6.07. The lowest BCUT2D eigenvalue weighted by Gasteiger charge is -2.25. The quantitative estimate of drug-likeness (QED) is 0.849. The number of benzene rings is 1. The Bertz CT molecular complexity index is 489. The molecule has 0 saturated carbocycles. The molecule has 0 bridgehead atoms. The van der Waals surface area contributed by atoms with Crippen molar-refractivity contribution in [2.45, 2.75) is 45.2 Å². The van der Waals surface area contributed by atoms with Gasteiger partial charge in [0.05, 0.1) is 7.11 Å². The van der Waals surface area contributed by atoms with E-state index in [1.165, 1.54) is 18.2 Å². The summed E-state index contributed by atoms with van der Waals surface area (Å²) < 4.78 is 4.92. The van der Waals surface area contributed by atoms with E-state index in [-0.39, 0.29) is 24.0 Å². The van der Waals surface area contributed by atoms with Crippen molar-refractivity contribution in [1.82, 2.24) is 5.32 Å². The van der Waals surface area contributed by atoms with E-state index in [1.54, 1.807) is 0 Å². The topological polar surface area (TPSA) is 38.3 Å². The van der Waals surface area contributed by atoms with E-state index in [4.69, 9.17) is 16.3 Å². The third-order valence-corrected chi connectivity index (χ3v) is 4.42. The van der Waals surface area contributed by atoms with Crippen LogP contribution in [-0.2, 0) is 22.4 Å². The zero-order valence-corrected chi connectivity index (χ0v) is 13.0. The number of methoxy groups -OCH3 is 1. The lowest BCUT2D eigenvalue weighted by atomic mass is 9.98. The number of ether oxygens (including phenoxy) is 1. The standard InChI is InChI=1S/C16H22ClNO2/c1-4-10(2)15(16(19)20-3)18-14-8-11-5-6-13(17)7-12(11)9-14/h5-7,10,14-15,18H,4,8-9H2,1-3H3. The van der Waals surface area contributed by atoms with Crippen LogP contribution in [0.1, 0.15) is 31.4 Å². The van der Waals surface area contributed by atoms with Crippen LogP contribution < -0.4 is 5.32 Å². The fourth-order valence-corrected chi connectivity index (χ4v) is 2.98. The van der Waals surface area contributed by atoms with Gasteiger partial charge in [-0.05, 0) is 42.0 Å². The molecular weight excluding hydrogens is 274 g/mol. The van der Waals surface area contributed by atoms with E-state index in [1.807, 2.05) is 12.1 Å². The second kappa shape index (κ2) is 6.59. The smallest absolute Gasteiger partial charge is 0.323 e. The Labute approximate surface area is 125 Å². The number of hydrogen-bond acceptors (Lipinski definition) is 3. The van der Waals surface area contributed by atoms with Crippen molar-refractivity contribution in [3.8, 4) is 0 Å². The Hall–Kier alpha value is -1.06. The van der Waals surface area contributed by atoms with Gasteiger partial charge in [-0.15, -0.1) is 0 Å². The zero-order valence-electron chi connectivity index (χ0n) is 12.3. The SMILES string of the molecule is CCC(C)C(NC1Cc2ccc(Cl)cc2C1)C(=O)OC.